The molecule has 0 bridgehead atoms. The van der Waals surface area contributed by atoms with Crippen molar-refractivity contribution in [1.82, 2.24) is 4.98 Å². The highest BCUT2D eigenvalue weighted by Gasteiger charge is 2.36. The fraction of sp³-hybridized carbons (Fsp3) is 0.400. The fourth-order valence-corrected chi connectivity index (χ4v) is 1.18. The molecule has 76 valence electrons. The Balaban J connectivity index is 2.87. The van der Waals surface area contributed by atoms with Crippen molar-refractivity contribution < 1.29 is 13.6 Å². The molecule has 0 N–H and O–H groups in total. The number of nitrogens with zero attached hydrogens (tertiary/aromatic N) is 1. The summed E-state index contributed by atoms with van der Waals surface area (Å²) in [5, 5.41) is 0. The van der Waals surface area contributed by atoms with Crippen LogP contribution in [0.4, 0.5) is 8.78 Å². The lowest BCUT2D eigenvalue weighted by Crippen LogP contribution is -2.28. The van der Waals surface area contributed by atoms with Crippen LogP contribution in [0.1, 0.15) is 25.3 Å². The average Bonchev–Trinajstić information content (AvgIpc) is 2.15. The maximum atomic E-state index is 12.7. The van der Waals surface area contributed by atoms with Crippen molar-refractivity contribution in [3.05, 3.63) is 30.1 Å². The van der Waals surface area contributed by atoms with E-state index in [1.807, 2.05) is 0 Å². The number of aromatic nitrogens is 1. The van der Waals surface area contributed by atoms with Gasteiger partial charge in [0, 0.05) is 25.2 Å². The van der Waals surface area contributed by atoms with Gasteiger partial charge >= 0.3 is 5.92 Å². The summed E-state index contributed by atoms with van der Waals surface area (Å²) >= 11 is 0. The molecule has 1 aromatic heterocycles. The summed E-state index contributed by atoms with van der Waals surface area (Å²) in [5.41, 5.74) is 0.562. The second-order valence-corrected chi connectivity index (χ2v) is 3.25. The number of hydrogen-bond donors (Lipinski definition) is 0. The Morgan fingerprint density at radius 1 is 1.43 bits per heavy atom. The highest BCUT2D eigenvalue weighted by molar-refractivity contribution is 5.91. The lowest BCUT2D eigenvalue weighted by molar-refractivity contribution is -0.141. The summed E-state index contributed by atoms with van der Waals surface area (Å²) in [6, 6.07) is 3.13. The van der Waals surface area contributed by atoms with Gasteiger partial charge in [0.1, 0.15) is 0 Å². The smallest absolute Gasteiger partial charge is 0.292 e. The predicted molar refractivity (Wildman–Crippen MR) is 48.3 cm³/mol. The molecule has 1 rings (SSSR count). The molecule has 0 aromatic carbocycles. The first-order valence-electron chi connectivity index (χ1n) is 4.25. The Morgan fingerprint density at radius 3 is 2.36 bits per heavy atom. The summed E-state index contributed by atoms with van der Waals surface area (Å²) in [4.78, 5) is 14.9. The van der Waals surface area contributed by atoms with Crippen LogP contribution in [0.25, 0.3) is 0 Å². The van der Waals surface area contributed by atoms with Crippen molar-refractivity contribution in [2.24, 2.45) is 0 Å². The minimum Gasteiger partial charge on any atom is -0.292 e. The molecule has 1 unspecified atom stereocenters. The fourth-order valence-electron chi connectivity index (χ4n) is 1.18. The summed E-state index contributed by atoms with van der Waals surface area (Å²) in [7, 11) is 0. The van der Waals surface area contributed by atoms with Crippen LogP contribution in [0.15, 0.2) is 24.5 Å². The van der Waals surface area contributed by atoms with E-state index in [4.69, 9.17) is 0 Å². The maximum absolute atomic E-state index is 12.7. The van der Waals surface area contributed by atoms with Gasteiger partial charge in [0.2, 0.25) is 5.78 Å². The zero-order valence-corrected chi connectivity index (χ0v) is 8.00. The summed E-state index contributed by atoms with van der Waals surface area (Å²) in [6.07, 6.45) is 2.96. The largest absolute Gasteiger partial charge is 0.303 e. The second-order valence-electron chi connectivity index (χ2n) is 3.25. The first-order valence-corrected chi connectivity index (χ1v) is 4.25. The number of carbonyl (C=O) groups is 1. The maximum Gasteiger partial charge on any atom is 0.303 e. The molecule has 0 aliphatic rings. The molecule has 1 atom stereocenters. The zero-order valence-electron chi connectivity index (χ0n) is 8.00. The number of hydrogen-bond acceptors (Lipinski definition) is 2. The van der Waals surface area contributed by atoms with Gasteiger partial charge in [-0.1, -0.05) is 6.92 Å². The number of halogens is 2. The van der Waals surface area contributed by atoms with Crippen LogP contribution in [0.5, 0.6) is 0 Å². The SMILES string of the molecule is CC(C(=O)C(C)(F)F)c1ccncc1. The molecule has 1 heterocycles. The second kappa shape index (κ2) is 3.82. The Hall–Kier alpha value is -1.32. The molecule has 0 aliphatic heterocycles. The van der Waals surface area contributed by atoms with E-state index in [0.717, 1.165) is 0 Å². The Morgan fingerprint density at radius 2 is 1.93 bits per heavy atom. The molecule has 14 heavy (non-hydrogen) atoms. The van der Waals surface area contributed by atoms with Crippen LogP contribution in [-0.2, 0) is 4.79 Å². The highest BCUT2D eigenvalue weighted by atomic mass is 19.3. The number of rotatable bonds is 3. The zero-order chi connectivity index (χ0) is 10.8. The van der Waals surface area contributed by atoms with E-state index < -0.39 is 17.6 Å². The molecule has 0 amide bonds. The van der Waals surface area contributed by atoms with Gasteiger partial charge in [-0.05, 0) is 17.7 Å². The molecule has 4 heteroatoms. The Kier molecular flexibility index (Phi) is 2.93. The topological polar surface area (TPSA) is 30.0 Å². The molecule has 0 radical (unpaired) electrons. The number of pyridine rings is 1. The van der Waals surface area contributed by atoms with E-state index in [9.17, 15) is 13.6 Å². The number of carbonyl (C=O) groups excluding carboxylic acids is 1. The summed E-state index contributed by atoms with van der Waals surface area (Å²) in [6.45, 7) is 2.09. The highest BCUT2D eigenvalue weighted by Crippen LogP contribution is 2.25. The third kappa shape index (κ3) is 2.34. The van der Waals surface area contributed by atoms with Crippen LogP contribution >= 0.6 is 0 Å². The molecule has 0 fully saturated rings. The van der Waals surface area contributed by atoms with E-state index in [-0.39, 0.29) is 0 Å². The molecule has 0 spiro atoms. The first kappa shape index (κ1) is 10.8. The molecular weight excluding hydrogens is 188 g/mol. The monoisotopic (exact) mass is 199 g/mol. The lowest BCUT2D eigenvalue weighted by Gasteiger charge is -2.15. The van der Waals surface area contributed by atoms with Crippen molar-refractivity contribution in [3.8, 4) is 0 Å². The third-order valence-electron chi connectivity index (χ3n) is 2.03. The van der Waals surface area contributed by atoms with E-state index in [1.165, 1.54) is 19.3 Å². The summed E-state index contributed by atoms with van der Waals surface area (Å²) < 4.78 is 25.4. The van der Waals surface area contributed by atoms with Gasteiger partial charge in [-0.15, -0.1) is 0 Å². The van der Waals surface area contributed by atoms with Crippen molar-refractivity contribution >= 4 is 5.78 Å². The van der Waals surface area contributed by atoms with Gasteiger partial charge in [0.15, 0.2) is 0 Å². The standard InChI is InChI=1S/C10H11F2NO/c1-7(9(14)10(2,11)12)8-3-5-13-6-4-8/h3-7H,1-2H3. The van der Waals surface area contributed by atoms with Gasteiger partial charge in [0.05, 0.1) is 0 Å². The minimum absolute atomic E-state index is 0.562. The van der Waals surface area contributed by atoms with Crippen LogP contribution in [0, 0.1) is 0 Å². The van der Waals surface area contributed by atoms with E-state index >= 15 is 0 Å². The van der Waals surface area contributed by atoms with Gasteiger partial charge in [0.25, 0.3) is 0 Å². The quantitative estimate of drug-likeness (QED) is 0.748. The van der Waals surface area contributed by atoms with Crippen LogP contribution in [-0.4, -0.2) is 16.7 Å². The summed E-state index contributed by atoms with van der Waals surface area (Å²) in [5.74, 6) is -5.13. The predicted octanol–water partition coefficient (Wildman–Crippen LogP) is 2.41. The lowest BCUT2D eigenvalue weighted by atomic mass is 9.94. The number of alkyl halides is 2. The van der Waals surface area contributed by atoms with Crippen LogP contribution in [0.2, 0.25) is 0 Å². The molecule has 0 saturated carbocycles. The molecule has 0 aliphatic carbocycles. The van der Waals surface area contributed by atoms with Crippen LogP contribution < -0.4 is 0 Å². The van der Waals surface area contributed by atoms with Gasteiger partial charge < -0.3 is 0 Å². The van der Waals surface area contributed by atoms with E-state index in [2.05, 4.69) is 4.98 Å². The van der Waals surface area contributed by atoms with Crippen molar-refractivity contribution in [2.45, 2.75) is 25.7 Å². The van der Waals surface area contributed by atoms with E-state index in [1.54, 1.807) is 12.1 Å². The Labute approximate surface area is 81.0 Å². The average molecular weight is 199 g/mol. The Bertz CT molecular complexity index is 319. The van der Waals surface area contributed by atoms with Gasteiger partial charge in [-0.25, -0.2) is 0 Å². The molecular formula is C10H11F2NO. The van der Waals surface area contributed by atoms with Gasteiger partial charge in [-0.3, -0.25) is 9.78 Å². The van der Waals surface area contributed by atoms with Crippen molar-refractivity contribution in [3.63, 3.8) is 0 Å². The van der Waals surface area contributed by atoms with Gasteiger partial charge in [-0.2, -0.15) is 8.78 Å². The van der Waals surface area contributed by atoms with Crippen LogP contribution in [0.3, 0.4) is 0 Å². The molecule has 0 saturated heterocycles. The molecule has 2 nitrogen and oxygen atoms in total. The number of Topliss-reactive ketones (excluding diaryl/α,β-unsaturated/α-hetero) is 1. The van der Waals surface area contributed by atoms with E-state index in [0.29, 0.717) is 12.5 Å². The van der Waals surface area contributed by atoms with Crippen molar-refractivity contribution in [1.29, 1.82) is 0 Å². The number of ketones is 1. The first-order chi connectivity index (χ1) is 6.43. The molecule has 1 aromatic rings. The van der Waals surface area contributed by atoms with Crippen molar-refractivity contribution in [2.75, 3.05) is 0 Å². The third-order valence-corrected chi connectivity index (χ3v) is 2.03. The normalized spacial score (nSPS) is 13.7. The minimum atomic E-state index is -3.28.